The number of urea groups is 1. The van der Waals surface area contributed by atoms with Gasteiger partial charge >= 0.3 is 6.03 Å². The first-order chi connectivity index (χ1) is 11.2. The maximum Gasteiger partial charge on any atom is 0.324 e. The van der Waals surface area contributed by atoms with Crippen molar-refractivity contribution in [3.8, 4) is 0 Å². The van der Waals surface area contributed by atoms with Crippen molar-refractivity contribution in [3.05, 3.63) is 30.3 Å². The van der Waals surface area contributed by atoms with Gasteiger partial charge in [-0.1, -0.05) is 18.2 Å². The topological polar surface area (TPSA) is 55.9 Å². The molecule has 0 aromatic heterocycles. The second-order valence-electron chi connectivity index (χ2n) is 6.05. The molecule has 0 unspecified atom stereocenters. The van der Waals surface area contributed by atoms with Crippen LogP contribution in [0.1, 0.15) is 12.8 Å². The molecule has 3 rings (SSSR count). The third-order valence-electron chi connectivity index (χ3n) is 4.51. The second kappa shape index (κ2) is 10.5. The first-order valence-corrected chi connectivity index (χ1v) is 8.34. The highest BCUT2D eigenvalue weighted by molar-refractivity contribution is 5.96. The molecule has 25 heavy (non-hydrogen) atoms. The van der Waals surface area contributed by atoms with Gasteiger partial charge in [0.05, 0.1) is 0 Å². The Bertz CT molecular complexity index is 535. The Morgan fingerprint density at radius 1 is 0.920 bits per heavy atom. The number of nitrogens with zero attached hydrogens (tertiary/aromatic N) is 3. The summed E-state index contributed by atoms with van der Waals surface area (Å²) in [5, 5.41) is 2.72. The summed E-state index contributed by atoms with van der Waals surface area (Å²) >= 11 is 0. The van der Waals surface area contributed by atoms with Gasteiger partial charge in [-0.15, -0.1) is 24.8 Å². The summed E-state index contributed by atoms with van der Waals surface area (Å²) < 4.78 is 0. The fourth-order valence-corrected chi connectivity index (χ4v) is 3.17. The Balaban J connectivity index is 0.00000156. The predicted molar refractivity (Wildman–Crippen MR) is 104 cm³/mol. The Labute approximate surface area is 161 Å². The molecule has 0 saturated carbocycles. The van der Waals surface area contributed by atoms with Crippen LogP contribution in [0.2, 0.25) is 0 Å². The van der Waals surface area contributed by atoms with Crippen LogP contribution < -0.4 is 10.2 Å². The van der Waals surface area contributed by atoms with Crippen molar-refractivity contribution in [2.24, 2.45) is 0 Å². The third-order valence-corrected chi connectivity index (χ3v) is 4.51. The minimum atomic E-state index is -0.241. The number of rotatable bonds is 5. The largest absolute Gasteiger partial charge is 0.369 e. The number of hydrogen-bond acceptors (Lipinski definition) is 4. The number of halogens is 2. The zero-order valence-corrected chi connectivity index (χ0v) is 15.9. The molecule has 1 aromatic rings. The number of para-hydroxylation sites is 1. The molecule has 1 aromatic carbocycles. The number of imide groups is 1. The number of hydrogen-bond donors (Lipinski definition) is 1. The zero-order chi connectivity index (χ0) is 16.1. The van der Waals surface area contributed by atoms with Crippen molar-refractivity contribution in [3.63, 3.8) is 0 Å². The lowest BCUT2D eigenvalue weighted by molar-refractivity contribution is -0.129. The van der Waals surface area contributed by atoms with Crippen LogP contribution in [0.4, 0.5) is 10.5 Å². The van der Waals surface area contributed by atoms with E-state index in [-0.39, 0.29) is 36.8 Å². The highest BCUT2D eigenvalue weighted by Gasteiger charge is 2.25. The van der Waals surface area contributed by atoms with E-state index in [9.17, 15) is 9.59 Å². The van der Waals surface area contributed by atoms with E-state index in [2.05, 4.69) is 39.4 Å². The van der Waals surface area contributed by atoms with E-state index in [4.69, 9.17) is 0 Å². The standard InChI is InChI=1S/C17H24N4O2.2ClH/c22-16-7-8-18-17(23)21(16)10-4-9-19-11-13-20(14-12-19)15-5-2-1-3-6-15;;/h1-3,5-6H,4,7-14H2,(H,18,23);2*1H. The molecule has 0 spiro atoms. The van der Waals surface area contributed by atoms with Gasteiger partial charge in [0.15, 0.2) is 0 Å². The number of carbonyl (C=O) groups is 2. The van der Waals surface area contributed by atoms with Gasteiger partial charge in [0.2, 0.25) is 5.91 Å². The van der Waals surface area contributed by atoms with Crippen molar-refractivity contribution < 1.29 is 9.59 Å². The molecule has 0 bridgehead atoms. The molecule has 1 N–H and O–H groups in total. The average Bonchev–Trinajstić information content (AvgIpc) is 2.59. The minimum absolute atomic E-state index is 0. The lowest BCUT2D eigenvalue weighted by atomic mass is 10.2. The number of benzene rings is 1. The summed E-state index contributed by atoms with van der Waals surface area (Å²) in [5.41, 5.74) is 1.28. The van der Waals surface area contributed by atoms with Crippen LogP contribution in [0.25, 0.3) is 0 Å². The number of amides is 3. The Morgan fingerprint density at radius 2 is 1.60 bits per heavy atom. The van der Waals surface area contributed by atoms with Crippen LogP contribution in [0.3, 0.4) is 0 Å². The molecule has 3 amide bonds. The normalized spacial score (nSPS) is 18.2. The molecule has 2 aliphatic rings. The Morgan fingerprint density at radius 3 is 2.24 bits per heavy atom. The van der Waals surface area contributed by atoms with Gasteiger partial charge in [-0.2, -0.15) is 0 Å². The van der Waals surface area contributed by atoms with Gasteiger partial charge in [-0.25, -0.2) is 4.79 Å². The summed E-state index contributed by atoms with van der Waals surface area (Å²) in [6, 6.07) is 10.2. The van der Waals surface area contributed by atoms with Crippen LogP contribution in [0.15, 0.2) is 30.3 Å². The first kappa shape index (κ1) is 21.5. The highest BCUT2D eigenvalue weighted by atomic mass is 35.5. The van der Waals surface area contributed by atoms with Crippen molar-refractivity contribution >= 4 is 42.4 Å². The fourth-order valence-electron chi connectivity index (χ4n) is 3.17. The molecule has 0 radical (unpaired) electrons. The predicted octanol–water partition coefficient (Wildman–Crippen LogP) is 1.98. The van der Waals surface area contributed by atoms with E-state index in [0.717, 1.165) is 39.1 Å². The molecule has 0 aliphatic carbocycles. The molecule has 2 saturated heterocycles. The van der Waals surface area contributed by atoms with Crippen LogP contribution in [-0.2, 0) is 4.79 Å². The molecular weight excluding hydrogens is 363 g/mol. The Hall–Kier alpha value is -1.50. The molecule has 2 aliphatic heterocycles. The quantitative estimate of drug-likeness (QED) is 0.837. The molecule has 2 fully saturated rings. The summed E-state index contributed by atoms with van der Waals surface area (Å²) in [7, 11) is 0. The van der Waals surface area contributed by atoms with E-state index >= 15 is 0 Å². The number of anilines is 1. The number of carbonyl (C=O) groups excluding carboxylic acids is 2. The minimum Gasteiger partial charge on any atom is -0.369 e. The van der Waals surface area contributed by atoms with E-state index in [1.54, 1.807) is 0 Å². The monoisotopic (exact) mass is 388 g/mol. The van der Waals surface area contributed by atoms with Gasteiger partial charge in [0, 0.05) is 51.4 Å². The maximum atomic E-state index is 11.7. The molecule has 2 heterocycles. The molecule has 0 atom stereocenters. The molecule has 8 heteroatoms. The van der Waals surface area contributed by atoms with Crippen molar-refractivity contribution in [2.75, 3.05) is 50.7 Å². The van der Waals surface area contributed by atoms with Crippen LogP contribution in [0.5, 0.6) is 0 Å². The van der Waals surface area contributed by atoms with Crippen LogP contribution in [-0.4, -0.2) is 67.6 Å². The molecule has 6 nitrogen and oxygen atoms in total. The lowest BCUT2D eigenvalue weighted by Crippen LogP contribution is -2.51. The van der Waals surface area contributed by atoms with Gasteiger partial charge in [0.25, 0.3) is 0 Å². The lowest BCUT2D eigenvalue weighted by Gasteiger charge is -2.36. The van der Waals surface area contributed by atoms with Gasteiger partial charge in [-0.3, -0.25) is 14.6 Å². The summed E-state index contributed by atoms with van der Waals surface area (Å²) in [5.74, 6) is -0.0531. The molecule has 140 valence electrons. The fraction of sp³-hybridized carbons (Fsp3) is 0.529. The SMILES string of the molecule is Cl.Cl.O=C1CCNC(=O)N1CCCN1CCN(c2ccccc2)CC1. The smallest absolute Gasteiger partial charge is 0.324 e. The van der Waals surface area contributed by atoms with E-state index < -0.39 is 0 Å². The average molecular weight is 389 g/mol. The van der Waals surface area contributed by atoms with Crippen molar-refractivity contribution in [1.29, 1.82) is 0 Å². The van der Waals surface area contributed by atoms with E-state index in [1.807, 2.05) is 6.07 Å². The summed E-state index contributed by atoms with van der Waals surface area (Å²) in [6.07, 6.45) is 1.26. The Kier molecular flexibility index (Phi) is 9.03. The number of nitrogens with one attached hydrogen (secondary N) is 1. The first-order valence-electron chi connectivity index (χ1n) is 8.34. The van der Waals surface area contributed by atoms with Crippen molar-refractivity contribution in [1.82, 2.24) is 15.1 Å². The molecular formula is C17H26Cl2N4O2. The van der Waals surface area contributed by atoms with E-state index in [1.165, 1.54) is 10.6 Å². The van der Waals surface area contributed by atoms with Crippen LogP contribution >= 0.6 is 24.8 Å². The van der Waals surface area contributed by atoms with E-state index in [0.29, 0.717) is 19.5 Å². The number of piperazine rings is 1. The van der Waals surface area contributed by atoms with Crippen LogP contribution in [0, 0.1) is 0 Å². The zero-order valence-electron chi connectivity index (χ0n) is 14.2. The summed E-state index contributed by atoms with van der Waals surface area (Å²) in [4.78, 5) is 29.6. The van der Waals surface area contributed by atoms with Gasteiger partial charge in [0.1, 0.15) is 0 Å². The van der Waals surface area contributed by atoms with Gasteiger partial charge in [-0.05, 0) is 25.1 Å². The van der Waals surface area contributed by atoms with Crippen molar-refractivity contribution in [2.45, 2.75) is 12.8 Å². The third kappa shape index (κ3) is 5.76. The highest BCUT2D eigenvalue weighted by Crippen LogP contribution is 2.15. The maximum absolute atomic E-state index is 11.7. The van der Waals surface area contributed by atoms with Gasteiger partial charge < -0.3 is 10.2 Å². The summed E-state index contributed by atoms with van der Waals surface area (Å²) in [6.45, 7) is 6.00. The second-order valence-corrected chi connectivity index (χ2v) is 6.05.